The number of piperidine rings is 1. The summed E-state index contributed by atoms with van der Waals surface area (Å²) >= 11 is 0. The Morgan fingerprint density at radius 1 is 0.973 bits per heavy atom. The number of benzene rings is 2. The zero-order valence-electron chi connectivity index (χ0n) is 22.0. The first-order valence-corrected chi connectivity index (χ1v) is 12.8. The second kappa shape index (κ2) is 11.2. The lowest BCUT2D eigenvalue weighted by atomic mass is 9.90. The van der Waals surface area contributed by atoms with Crippen molar-refractivity contribution in [2.24, 2.45) is 0 Å². The van der Waals surface area contributed by atoms with Crippen molar-refractivity contribution in [1.82, 2.24) is 9.80 Å². The molecule has 4 rings (SSSR count). The minimum Gasteiger partial charge on any atom is -0.497 e. The molecule has 8 nitrogen and oxygen atoms in total. The molecule has 2 N–H and O–H groups in total. The number of aryl methyl sites for hydroxylation is 1. The molecular formula is C28H38FN3O5. The molecule has 2 fully saturated rings. The van der Waals surface area contributed by atoms with Crippen LogP contribution < -0.4 is 14.4 Å². The number of halogens is 1. The number of carbonyl (C=O) groups excluding carboxylic acids is 1. The molecule has 2 aromatic carbocycles. The first kappa shape index (κ1) is 27.2. The first-order chi connectivity index (χ1) is 17.6. The monoisotopic (exact) mass is 515 g/mol. The van der Waals surface area contributed by atoms with Gasteiger partial charge in [0.2, 0.25) is 5.91 Å². The SMILES string of the molecule is COc1ccc(N2CCC(O)(CN3CCN(C(C)=O)C[C@](O)(COc4ccc(F)c(C)c4)C3)CC2)cc1. The van der Waals surface area contributed by atoms with Crippen LogP contribution in [0, 0.1) is 12.7 Å². The topological polar surface area (TPSA) is 85.7 Å². The highest BCUT2D eigenvalue weighted by atomic mass is 19.1. The second-order valence-corrected chi connectivity index (χ2v) is 10.5. The Kier molecular flexibility index (Phi) is 8.26. The molecule has 2 aromatic rings. The van der Waals surface area contributed by atoms with E-state index in [1.165, 1.54) is 19.1 Å². The number of aliphatic hydroxyl groups is 2. The van der Waals surface area contributed by atoms with E-state index in [9.17, 15) is 19.4 Å². The molecule has 0 spiro atoms. The standard InChI is InChI=1S/C28H38FN3O5/c1-21-16-25(8-9-26(21)29)37-20-28(35)18-30(14-15-32(19-28)22(2)33)17-27(34)10-12-31(13-11-27)23-4-6-24(36-3)7-5-23/h4-9,16,34-35H,10-15,17-20H2,1-3H3/t28-/m0/s1. The smallest absolute Gasteiger partial charge is 0.219 e. The largest absolute Gasteiger partial charge is 0.497 e. The van der Waals surface area contributed by atoms with Gasteiger partial charge < -0.3 is 29.5 Å². The number of ether oxygens (including phenoxy) is 2. The average Bonchev–Trinajstić information content (AvgIpc) is 3.04. The number of hydrogen-bond donors (Lipinski definition) is 2. The van der Waals surface area contributed by atoms with E-state index in [1.54, 1.807) is 25.0 Å². The van der Waals surface area contributed by atoms with Crippen LogP contribution in [0.15, 0.2) is 42.5 Å². The van der Waals surface area contributed by atoms with Crippen molar-refractivity contribution in [3.63, 3.8) is 0 Å². The Hall–Kier alpha value is -2.88. The highest BCUT2D eigenvalue weighted by molar-refractivity contribution is 5.73. The number of nitrogens with zero attached hydrogens (tertiary/aromatic N) is 3. The summed E-state index contributed by atoms with van der Waals surface area (Å²) in [7, 11) is 1.64. The molecule has 1 atom stereocenters. The van der Waals surface area contributed by atoms with E-state index in [4.69, 9.17) is 9.47 Å². The van der Waals surface area contributed by atoms with Gasteiger partial charge in [-0.05, 0) is 67.8 Å². The Labute approximate surface area is 218 Å². The van der Waals surface area contributed by atoms with Crippen molar-refractivity contribution in [2.75, 3.05) is 64.4 Å². The predicted molar refractivity (Wildman–Crippen MR) is 140 cm³/mol. The lowest BCUT2D eigenvalue weighted by Gasteiger charge is -2.42. The van der Waals surface area contributed by atoms with E-state index in [0.29, 0.717) is 56.9 Å². The highest BCUT2D eigenvalue weighted by Crippen LogP contribution is 2.29. The maximum absolute atomic E-state index is 13.6. The van der Waals surface area contributed by atoms with Gasteiger partial charge in [-0.2, -0.15) is 0 Å². The minimum absolute atomic E-state index is 0.0535. The molecule has 0 bridgehead atoms. The van der Waals surface area contributed by atoms with Gasteiger partial charge in [0.25, 0.3) is 0 Å². The van der Waals surface area contributed by atoms with Gasteiger partial charge in [-0.15, -0.1) is 0 Å². The van der Waals surface area contributed by atoms with Gasteiger partial charge in [-0.25, -0.2) is 4.39 Å². The van der Waals surface area contributed by atoms with Crippen LogP contribution in [0.1, 0.15) is 25.3 Å². The maximum atomic E-state index is 13.6. The summed E-state index contributed by atoms with van der Waals surface area (Å²) in [6.45, 7) is 6.30. The van der Waals surface area contributed by atoms with Gasteiger partial charge >= 0.3 is 0 Å². The Balaban J connectivity index is 1.40. The van der Waals surface area contributed by atoms with E-state index in [-0.39, 0.29) is 31.4 Å². The fraction of sp³-hybridized carbons (Fsp3) is 0.536. The Morgan fingerprint density at radius 2 is 1.65 bits per heavy atom. The highest BCUT2D eigenvalue weighted by Gasteiger charge is 2.41. The first-order valence-electron chi connectivity index (χ1n) is 12.8. The Morgan fingerprint density at radius 3 is 2.27 bits per heavy atom. The molecule has 0 aliphatic carbocycles. The number of amides is 1. The van der Waals surface area contributed by atoms with E-state index in [0.717, 1.165) is 11.4 Å². The summed E-state index contributed by atoms with van der Waals surface area (Å²) in [5.41, 5.74) is -0.688. The van der Waals surface area contributed by atoms with Crippen molar-refractivity contribution in [1.29, 1.82) is 0 Å². The van der Waals surface area contributed by atoms with E-state index in [2.05, 4.69) is 4.90 Å². The van der Waals surface area contributed by atoms with Crippen LogP contribution in [0.4, 0.5) is 10.1 Å². The summed E-state index contributed by atoms with van der Waals surface area (Å²) in [5.74, 6) is 0.830. The van der Waals surface area contributed by atoms with E-state index in [1.807, 2.05) is 29.2 Å². The van der Waals surface area contributed by atoms with Crippen molar-refractivity contribution >= 4 is 11.6 Å². The number of carbonyl (C=O) groups is 1. The molecule has 9 heteroatoms. The predicted octanol–water partition coefficient (Wildman–Crippen LogP) is 2.45. The fourth-order valence-corrected chi connectivity index (χ4v) is 5.21. The van der Waals surface area contributed by atoms with Gasteiger partial charge in [0.15, 0.2) is 0 Å². The van der Waals surface area contributed by atoms with Gasteiger partial charge in [0.05, 0.1) is 19.3 Å². The number of rotatable bonds is 7. The second-order valence-electron chi connectivity index (χ2n) is 10.5. The third-order valence-corrected chi connectivity index (χ3v) is 7.42. The third-order valence-electron chi connectivity index (χ3n) is 7.42. The molecule has 2 saturated heterocycles. The van der Waals surface area contributed by atoms with Crippen molar-refractivity contribution in [3.8, 4) is 11.5 Å². The molecule has 202 valence electrons. The molecular weight excluding hydrogens is 477 g/mol. The molecule has 0 saturated carbocycles. The van der Waals surface area contributed by atoms with Crippen molar-refractivity contribution < 1.29 is 28.9 Å². The van der Waals surface area contributed by atoms with Gasteiger partial charge in [0.1, 0.15) is 29.5 Å². The fourth-order valence-electron chi connectivity index (χ4n) is 5.21. The maximum Gasteiger partial charge on any atom is 0.219 e. The van der Waals surface area contributed by atoms with Crippen molar-refractivity contribution in [3.05, 3.63) is 53.8 Å². The van der Waals surface area contributed by atoms with E-state index < -0.39 is 11.2 Å². The summed E-state index contributed by atoms with van der Waals surface area (Å²) in [6, 6.07) is 12.4. The van der Waals surface area contributed by atoms with Crippen LogP contribution in [0.2, 0.25) is 0 Å². The average molecular weight is 516 g/mol. The molecule has 0 aromatic heterocycles. The van der Waals surface area contributed by atoms with Gasteiger partial charge in [-0.3, -0.25) is 9.69 Å². The quantitative estimate of drug-likeness (QED) is 0.586. The van der Waals surface area contributed by atoms with Crippen LogP contribution in [-0.4, -0.2) is 96.7 Å². The molecule has 2 heterocycles. The molecule has 0 unspecified atom stereocenters. The lowest BCUT2D eigenvalue weighted by molar-refractivity contribution is -0.132. The zero-order valence-corrected chi connectivity index (χ0v) is 22.0. The summed E-state index contributed by atoms with van der Waals surface area (Å²) < 4.78 is 24.7. The Bertz CT molecular complexity index is 1070. The number of methoxy groups -OCH3 is 1. The van der Waals surface area contributed by atoms with Crippen LogP contribution in [-0.2, 0) is 4.79 Å². The zero-order chi connectivity index (χ0) is 26.6. The summed E-state index contributed by atoms with van der Waals surface area (Å²) in [4.78, 5) is 18.1. The van der Waals surface area contributed by atoms with Crippen LogP contribution in [0.5, 0.6) is 11.5 Å². The van der Waals surface area contributed by atoms with Crippen LogP contribution in [0.25, 0.3) is 0 Å². The van der Waals surface area contributed by atoms with Gasteiger partial charge in [-0.1, -0.05) is 0 Å². The molecule has 2 aliphatic heterocycles. The molecule has 1 amide bonds. The van der Waals surface area contributed by atoms with Crippen molar-refractivity contribution in [2.45, 2.75) is 37.9 Å². The number of β-amino-alcohol motifs (C(OH)–C–C–N with tert-alkyl or cyclic N) is 2. The van der Waals surface area contributed by atoms with E-state index >= 15 is 0 Å². The molecule has 37 heavy (non-hydrogen) atoms. The molecule has 2 aliphatic rings. The summed E-state index contributed by atoms with van der Waals surface area (Å²) in [6.07, 6.45) is 1.19. The van der Waals surface area contributed by atoms with Crippen LogP contribution in [0.3, 0.4) is 0 Å². The number of anilines is 1. The normalized spacial score (nSPS) is 22.4. The van der Waals surface area contributed by atoms with Crippen LogP contribution >= 0.6 is 0 Å². The lowest BCUT2D eigenvalue weighted by Crippen LogP contribution is -2.55. The minimum atomic E-state index is -1.34. The molecule has 0 radical (unpaired) electrons. The van der Waals surface area contributed by atoms with Gasteiger partial charge in [0, 0.05) is 51.9 Å². The number of hydrogen-bond acceptors (Lipinski definition) is 7. The third kappa shape index (κ3) is 6.91. The summed E-state index contributed by atoms with van der Waals surface area (Å²) in [5, 5.41) is 23.0.